The number of amides is 2. The number of rotatable bonds is 5. The third kappa shape index (κ3) is 5.98. The van der Waals surface area contributed by atoms with Crippen LogP contribution in [0.5, 0.6) is 0 Å². The van der Waals surface area contributed by atoms with E-state index in [9.17, 15) is 9.59 Å². The second-order valence-corrected chi connectivity index (χ2v) is 9.23. The molecule has 3 heterocycles. The standard InChI is InChI=1S/C21H34N6O3/c1-21(2,3)30-20(29)24-15-9-12-27(13-15)17-6-5-16(18(22)28)19(25-17)23-14-7-10-26(4)11-8-14/h5-6,14-15H,7-13H2,1-4H3,(H2,22,28)(H,23,25)(H,24,29). The van der Waals surface area contributed by atoms with Gasteiger partial charge in [-0.3, -0.25) is 4.79 Å². The van der Waals surface area contributed by atoms with E-state index < -0.39 is 17.6 Å². The second-order valence-electron chi connectivity index (χ2n) is 9.23. The van der Waals surface area contributed by atoms with Crippen molar-refractivity contribution < 1.29 is 14.3 Å². The molecule has 2 amide bonds. The first-order chi connectivity index (χ1) is 14.1. The molecule has 2 saturated heterocycles. The van der Waals surface area contributed by atoms with Crippen LogP contribution in [0.1, 0.15) is 50.4 Å². The summed E-state index contributed by atoms with van der Waals surface area (Å²) in [5.41, 5.74) is 5.45. The van der Waals surface area contributed by atoms with Gasteiger partial charge in [-0.05, 0) is 72.3 Å². The minimum Gasteiger partial charge on any atom is -0.444 e. The largest absolute Gasteiger partial charge is 0.444 e. The molecule has 3 rings (SSSR count). The fraction of sp³-hybridized carbons (Fsp3) is 0.667. The molecule has 30 heavy (non-hydrogen) atoms. The van der Waals surface area contributed by atoms with E-state index in [0.717, 1.165) is 44.7 Å². The number of primary amides is 1. The zero-order valence-corrected chi connectivity index (χ0v) is 18.4. The summed E-state index contributed by atoms with van der Waals surface area (Å²) in [5.74, 6) is 0.817. The van der Waals surface area contributed by atoms with Gasteiger partial charge in [0, 0.05) is 19.1 Å². The molecule has 1 aromatic heterocycles. The lowest BCUT2D eigenvalue weighted by atomic mass is 10.1. The Labute approximate surface area is 178 Å². The number of nitrogens with two attached hydrogens (primary N) is 1. The van der Waals surface area contributed by atoms with Crippen LogP contribution in [0.3, 0.4) is 0 Å². The van der Waals surface area contributed by atoms with Crippen LogP contribution in [0, 0.1) is 0 Å². The SMILES string of the molecule is CN1CCC(Nc2nc(N3CCC(NC(=O)OC(C)(C)C)C3)ccc2C(N)=O)CC1. The monoisotopic (exact) mass is 418 g/mol. The van der Waals surface area contributed by atoms with Crippen molar-refractivity contribution in [3.8, 4) is 0 Å². The Morgan fingerprint density at radius 2 is 1.80 bits per heavy atom. The number of piperidine rings is 1. The summed E-state index contributed by atoms with van der Waals surface area (Å²) in [6.45, 7) is 8.94. The molecule has 166 valence electrons. The molecule has 0 spiro atoms. The minimum atomic E-state index is -0.525. The first kappa shape index (κ1) is 22.1. The lowest BCUT2D eigenvalue weighted by Gasteiger charge is -2.30. The molecule has 9 heteroatoms. The number of carbonyl (C=O) groups excluding carboxylic acids is 2. The van der Waals surface area contributed by atoms with E-state index in [1.165, 1.54) is 0 Å². The Hall–Kier alpha value is -2.55. The highest BCUT2D eigenvalue weighted by atomic mass is 16.6. The lowest BCUT2D eigenvalue weighted by molar-refractivity contribution is 0.0509. The number of nitrogens with zero attached hydrogens (tertiary/aromatic N) is 3. The van der Waals surface area contributed by atoms with Gasteiger partial charge in [-0.25, -0.2) is 9.78 Å². The molecule has 1 unspecified atom stereocenters. The van der Waals surface area contributed by atoms with Crippen molar-refractivity contribution in [3.05, 3.63) is 17.7 Å². The number of nitrogens with one attached hydrogen (secondary N) is 2. The van der Waals surface area contributed by atoms with E-state index in [-0.39, 0.29) is 12.1 Å². The molecule has 0 saturated carbocycles. The van der Waals surface area contributed by atoms with Crippen molar-refractivity contribution in [1.29, 1.82) is 0 Å². The average molecular weight is 419 g/mol. The summed E-state index contributed by atoms with van der Waals surface area (Å²) in [6.07, 6.45) is 2.38. The molecule has 4 N–H and O–H groups in total. The van der Waals surface area contributed by atoms with Gasteiger partial charge in [-0.2, -0.15) is 0 Å². The molecule has 1 atom stereocenters. The normalized spacial score (nSPS) is 20.8. The van der Waals surface area contributed by atoms with Gasteiger partial charge in [0.2, 0.25) is 0 Å². The van der Waals surface area contributed by atoms with Crippen LogP contribution in [0.2, 0.25) is 0 Å². The predicted octanol–water partition coefficient (Wildman–Crippen LogP) is 1.79. The second kappa shape index (κ2) is 9.07. The molecule has 0 bridgehead atoms. The molecule has 9 nitrogen and oxygen atoms in total. The molecule has 0 aromatic carbocycles. The van der Waals surface area contributed by atoms with Gasteiger partial charge in [0.05, 0.1) is 11.6 Å². The number of hydrogen-bond donors (Lipinski definition) is 3. The van der Waals surface area contributed by atoms with Crippen molar-refractivity contribution in [3.63, 3.8) is 0 Å². The molecular weight excluding hydrogens is 384 g/mol. The number of carbonyl (C=O) groups is 2. The van der Waals surface area contributed by atoms with Gasteiger partial charge >= 0.3 is 6.09 Å². The fourth-order valence-electron chi connectivity index (χ4n) is 3.84. The smallest absolute Gasteiger partial charge is 0.407 e. The van der Waals surface area contributed by atoms with Gasteiger partial charge in [-0.1, -0.05) is 0 Å². The molecule has 0 radical (unpaired) electrons. The van der Waals surface area contributed by atoms with Crippen LogP contribution in [0.25, 0.3) is 0 Å². The van der Waals surface area contributed by atoms with Gasteiger partial charge in [0.25, 0.3) is 5.91 Å². The van der Waals surface area contributed by atoms with Crippen molar-refractivity contribution in [2.24, 2.45) is 5.73 Å². The Morgan fingerprint density at radius 3 is 2.43 bits per heavy atom. The molecular formula is C21H34N6O3. The zero-order chi connectivity index (χ0) is 21.9. The summed E-state index contributed by atoms with van der Waals surface area (Å²) >= 11 is 0. The maximum absolute atomic E-state index is 12.0. The zero-order valence-electron chi connectivity index (χ0n) is 18.4. The summed E-state index contributed by atoms with van der Waals surface area (Å²) in [4.78, 5) is 33.1. The Bertz CT molecular complexity index is 770. The van der Waals surface area contributed by atoms with E-state index in [1.54, 1.807) is 6.07 Å². The van der Waals surface area contributed by atoms with Gasteiger partial charge in [0.15, 0.2) is 0 Å². The predicted molar refractivity (Wildman–Crippen MR) is 117 cm³/mol. The number of anilines is 2. The van der Waals surface area contributed by atoms with Crippen LogP contribution >= 0.6 is 0 Å². The summed E-state index contributed by atoms with van der Waals surface area (Å²) in [6, 6.07) is 3.80. The summed E-state index contributed by atoms with van der Waals surface area (Å²) < 4.78 is 5.34. The number of aromatic nitrogens is 1. The van der Waals surface area contributed by atoms with Gasteiger partial charge < -0.3 is 30.9 Å². The van der Waals surface area contributed by atoms with E-state index in [4.69, 9.17) is 15.5 Å². The maximum Gasteiger partial charge on any atom is 0.407 e. The van der Waals surface area contributed by atoms with E-state index in [0.29, 0.717) is 17.9 Å². The molecule has 2 aliphatic rings. The van der Waals surface area contributed by atoms with Crippen molar-refractivity contribution >= 4 is 23.6 Å². The molecule has 0 aliphatic carbocycles. The van der Waals surface area contributed by atoms with Crippen molar-refractivity contribution in [2.75, 3.05) is 43.4 Å². The summed E-state index contributed by atoms with van der Waals surface area (Å²) in [5, 5.41) is 6.35. The number of likely N-dealkylation sites (tertiary alicyclic amines) is 1. The van der Waals surface area contributed by atoms with E-state index >= 15 is 0 Å². The number of pyridine rings is 1. The van der Waals surface area contributed by atoms with E-state index in [1.807, 2.05) is 26.8 Å². The Balaban J connectivity index is 1.66. The molecule has 2 aliphatic heterocycles. The van der Waals surface area contributed by atoms with Crippen LogP contribution < -0.4 is 21.3 Å². The number of hydrogen-bond acceptors (Lipinski definition) is 7. The topological polar surface area (TPSA) is 113 Å². The first-order valence-electron chi connectivity index (χ1n) is 10.6. The average Bonchev–Trinajstić information content (AvgIpc) is 3.10. The highest BCUT2D eigenvalue weighted by molar-refractivity contribution is 5.98. The summed E-state index contributed by atoms with van der Waals surface area (Å²) in [7, 11) is 2.11. The van der Waals surface area contributed by atoms with Crippen molar-refractivity contribution in [2.45, 2.75) is 57.7 Å². The van der Waals surface area contributed by atoms with E-state index in [2.05, 4.69) is 27.5 Å². The highest BCUT2D eigenvalue weighted by Gasteiger charge is 2.28. The van der Waals surface area contributed by atoms with Crippen LogP contribution in [0.15, 0.2) is 12.1 Å². The van der Waals surface area contributed by atoms with Gasteiger partial charge in [0.1, 0.15) is 17.2 Å². The van der Waals surface area contributed by atoms with Crippen LogP contribution in [-0.2, 0) is 4.74 Å². The Kier molecular flexibility index (Phi) is 6.70. The minimum absolute atomic E-state index is 0.0113. The first-order valence-corrected chi connectivity index (χ1v) is 10.6. The lowest BCUT2D eigenvalue weighted by Crippen LogP contribution is -2.40. The fourth-order valence-corrected chi connectivity index (χ4v) is 3.84. The quantitative estimate of drug-likeness (QED) is 0.668. The highest BCUT2D eigenvalue weighted by Crippen LogP contribution is 2.25. The number of ether oxygens (including phenoxy) is 1. The number of alkyl carbamates (subject to hydrolysis) is 1. The third-order valence-electron chi connectivity index (χ3n) is 5.44. The van der Waals surface area contributed by atoms with Gasteiger partial charge in [-0.15, -0.1) is 0 Å². The van der Waals surface area contributed by atoms with Crippen LogP contribution in [0.4, 0.5) is 16.4 Å². The molecule has 1 aromatic rings. The van der Waals surface area contributed by atoms with Crippen LogP contribution in [-0.4, -0.2) is 72.8 Å². The third-order valence-corrected chi connectivity index (χ3v) is 5.44. The Morgan fingerprint density at radius 1 is 1.13 bits per heavy atom. The molecule has 2 fully saturated rings. The maximum atomic E-state index is 12.0. The van der Waals surface area contributed by atoms with Crippen molar-refractivity contribution in [1.82, 2.24) is 15.2 Å².